The molecule has 2 aromatic rings. The molecule has 0 N–H and O–H groups in total. The van der Waals surface area contributed by atoms with E-state index in [1.54, 1.807) is 0 Å². The average Bonchev–Trinajstić information content (AvgIpc) is 2.52. The number of benzene rings is 1. The van der Waals surface area contributed by atoms with E-state index in [0.29, 0.717) is 17.0 Å². The standard InChI is InChI=1S/C21H28N/c1-15(2)11-17-9-10-21(22(4)14-17)20-13-19-8-6-5-7-18(19)12-16(20)3/h9-10,12-15H,5-8,11H2,1-4H3/q+1/i7D2,8D2. The molecule has 0 unspecified atom stereocenters. The molecular formula is C21H28N+. The van der Waals surface area contributed by atoms with Crippen molar-refractivity contribution in [1.29, 1.82) is 0 Å². The first-order valence-corrected chi connectivity index (χ1v) is 8.16. The maximum Gasteiger partial charge on any atom is 0.212 e. The number of hydrogen-bond donors (Lipinski definition) is 0. The van der Waals surface area contributed by atoms with Crippen LogP contribution in [-0.4, -0.2) is 0 Å². The zero-order valence-electron chi connectivity index (χ0n) is 18.0. The van der Waals surface area contributed by atoms with Crippen LogP contribution in [0.3, 0.4) is 0 Å². The summed E-state index contributed by atoms with van der Waals surface area (Å²) in [5.74, 6) is 0.598. The monoisotopic (exact) mass is 298 g/mol. The van der Waals surface area contributed by atoms with Gasteiger partial charge >= 0.3 is 0 Å². The molecule has 3 rings (SSSR count). The minimum atomic E-state index is -1.49. The molecule has 0 saturated carbocycles. The molecule has 1 aromatic heterocycles. The molecular weight excluding hydrogens is 266 g/mol. The number of aryl methyl sites for hydroxylation is 4. The molecule has 0 aliphatic heterocycles. The molecule has 0 bridgehead atoms. The van der Waals surface area contributed by atoms with Crippen molar-refractivity contribution in [3.63, 3.8) is 0 Å². The molecule has 1 heteroatoms. The molecule has 0 fully saturated rings. The highest BCUT2D eigenvalue weighted by Gasteiger charge is 2.17. The molecule has 116 valence electrons. The SMILES string of the molecule is [2H]C1([2H])CCC([2H])([2H])c2cc(-c3ccc(CC(C)C)c[n+]3C)c(C)cc21. The van der Waals surface area contributed by atoms with Gasteiger partial charge in [-0.15, -0.1) is 0 Å². The van der Waals surface area contributed by atoms with Crippen LogP contribution in [0.15, 0.2) is 30.5 Å². The number of fused-ring (bicyclic) bond motifs is 1. The Morgan fingerprint density at radius 3 is 2.45 bits per heavy atom. The fourth-order valence-electron chi connectivity index (χ4n) is 3.21. The first kappa shape index (κ1) is 11.0. The van der Waals surface area contributed by atoms with E-state index in [1.807, 2.05) is 26.1 Å². The summed E-state index contributed by atoms with van der Waals surface area (Å²) in [7, 11) is 2.02. The minimum absolute atomic E-state index is 0.217. The highest BCUT2D eigenvalue weighted by atomic mass is 14.9. The van der Waals surface area contributed by atoms with Crippen LogP contribution in [0.2, 0.25) is 0 Å². The lowest BCUT2D eigenvalue weighted by atomic mass is 9.87. The minimum Gasteiger partial charge on any atom is -0.201 e. The number of pyridine rings is 1. The van der Waals surface area contributed by atoms with Crippen LogP contribution < -0.4 is 4.57 Å². The fourth-order valence-corrected chi connectivity index (χ4v) is 3.21. The van der Waals surface area contributed by atoms with Crippen LogP contribution in [0.5, 0.6) is 0 Å². The lowest BCUT2D eigenvalue weighted by molar-refractivity contribution is -0.660. The molecule has 0 saturated heterocycles. The van der Waals surface area contributed by atoms with Gasteiger partial charge in [-0.1, -0.05) is 19.9 Å². The Morgan fingerprint density at radius 1 is 1.14 bits per heavy atom. The lowest BCUT2D eigenvalue weighted by Gasteiger charge is -2.18. The number of aromatic nitrogens is 1. The first-order chi connectivity index (χ1) is 12.0. The van der Waals surface area contributed by atoms with Crippen molar-refractivity contribution >= 4 is 0 Å². The third-order valence-electron chi connectivity index (χ3n) is 4.24. The predicted molar refractivity (Wildman–Crippen MR) is 93.0 cm³/mol. The van der Waals surface area contributed by atoms with Crippen molar-refractivity contribution in [2.24, 2.45) is 13.0 Å². The Labute approximate surface area is 140 Å². The van der Waals surface area contributed by atoms with Gasteiger partial charge in [0.2, 0.25) is 5.69 Å². The molecule has 1 aliphatic carbocycles. The van der Waals surface area contributed by atoms with E-state index in [4.69, 9.17) is 5.48 Å². The van der Waals surface area contributed by atoms with Crippen LogP contribution >= 0.6 is 0 Å². The van der Waals surface area contributed by atoms with Crippen molar-refractivity contribution < 1.29 is 10.1 Å². The van der Waals surface area contributed by atoms with E-state index in [9.17, 15) is 0 Å². The molecule has 1 heterocycles. The van der Waals surface area contributed by atoms with Crippen molar-refractivity contribution in [3.8, 4) is 11.3 Å². The number of hydrogen-bond acceptors (Lipinski definition) is 0. The highest BCUT2D eigenvalue weighted by Crippen LogP contribution is 2.29. The maximum atomic E-state index is 8.37. The smallest absolute Gasteiger partial charge is 0.201 e. The summed E-state index contributed by atoms with van der Waals surface area (Å²) in [5.41, 5.74) is 5.28. The summed E-state index contributed by atoms with van der Waals surface area (Å²) in [4.78, 5) is 0. The molecule has 1 aromatic carbocycles. The molecule has 0 radical (unpaired) electrons. The van der Waals surface area contributed by atoms with Gasteiger partial charge in [-0.05, 0) is 73.7 Å². The molecule has 0 amide bonds. The second-order valence-electron chi connectivity index (χ2n) is 6.70. The zero-order valence-corrected chi connectivity index (χ0v) is 14.0. The van der Waals surface area contributed by atoms with Crippen LogP contribution in [0, 0.1) is 12.8 Å². The van der Waals surface area contributed by atoms with Gasteiger partial charge in [-0.2, -0.15) is 0 Å². The molecule has 22 heavy (non-hydrogen) atoms. The van der Waals surface area contributed by atoms with Crippen molar-refractivity contribution in [3.05, 3.63) is 52.7 Å². The Hall–Kier alpha value is -1.63. The van der Waals surface area contributed by atoms with Crippen molar-refractivity contribution in [2.45, 2.75) is 52.8 Å². The summed E-state index contributed by atoms with van der Waals surface area (Å²) < 4.78 is 35.4. The Balaban J connectivity index is 2.13. The quantitative estimate of drug-likeness (QED) is 0.731. The highest BCUT2D eigenvalue weighted by molar-refractivity contribution is 5.63. The average molecular weight is 298 g/mol. The van der Waals surface area contributed by atoms with Crippen molar-refractivity contribution in [1.82, 2.24) is 0 Å². The van der Waals surface area contributed by atoms with Crippen LogP contribution in [-0.2, 0) is 26.2 Å². The number of nitrogens with zero attached hydrogens (tertiary/aromatic N) is 1. The number of rotatable bonds is 3. The summed E-state index contributed by atoms with van der Waals surface area (Å²) in [5, 5.41) is 0. The van der Waals surface area contributed by atoms with Gasteiger partial charge in [0.05, 0.1) is 0 Å². The van der Waals surface area contributed by atoms with E-state index in [2.05, 4.69) is 36.7 Å². The fraction of sp³-hybridized carbons (Fsp3) is 0.476. The van der Waals surface area contributed by atoms with E-state index < -0.39 is 12.7 Å². The second kappa shape index (κ2) is 6.24. The van der Waals surface area contributed by atoms with Gasteiger partial charge in [0.25, 0.3) is 0 Å². The summed E-state index contributed by atoms with van der Waals surface area (Å²) in [6.45, 7) is 6.40. The van der Waals surface area contributed by atoms with Crippen LogP contribution in [0.4, 0.5) is 0 Å². The largest absolute Gasteiger partial charge is 0.212 e. The van der Waals surface area contributed by atoms with Gasteiger partial charge in [0, 0.05) is 22.7 Å². The molecule has 0 spiro atoms. The van der Waals surface area contributed by atoms with E-state index >= 15 is 0 Å². The van der Waals surface area contributed by atoms with Gasteiger partial charge < -0.3 is 0 Å². The van der Waals surface area contributed by atoms with Crippen molar-refractivity contribution in [2.75, 3.05) is 0 Å². The third-order valence-corrected chi connectivity index (χ3v) is 4.24. The summed E-state index contributed by atoms with van der Waals surface area (Å²) in [6.07, 6.45) is 0.660. The van der Waals surface area contributed by atoms with Crippen LogP contribution in [0.1, 0.15) is 54.4 Å². The van der Waals surface area contributed by atoms with E-state index in [0.717, 1.165) is 23.2 Å². The predicted octanol–water partition coefficient (Wildman–Crippen LogP) is 4.56. The Kier molecular flexibility index (Phi) is 3.12. The normalized spacial score (nSPS) is 21.5. The first-order valence-electron chi connectivity index (χ1n) is 10.2. The van der Waals surface area contributed by atoms with E-state index in [-0.39, 0.29) is 12.8 Å². The van der Waals surface area contributed by atoms with E-state index in [1.165, 1.54) is 5.56 Å². The van der Waals surface area contributed by atoms with Crippen LogP contribution in [0.25, 0.3) is 11.3 Å². The van der Waals surface area contributed by atoms with Gasteiger partial charge in [-0.25, -0.2) is 4.57 Å². The summed E-state index contributed by atoms with van der Waals surface area (Å²) in [6, 6.07) is 7.96. The molecule has 0 atom stereocenters. The van der Waals surface area contributed by atoms with Gasteiger partial charge in [0.1, 0.15) is 7.05 Å². The zero-order chi connectivity index (χ0) is 19.3. The van der Waals surface area contributed by atoms with Gasteiger partial charge in [0.15, 0.2) is 6.20 Å². The third kappa shape index (κ3) is 3.09. The Morgan fingerprint density at radius 2 is 1.82 bits per heavy atom. The molecule has 1 aliphatic rings. The maximum absolute atomic E-state index is 8.37. The molecule has 1 nitrogen and oxygen atoms in total. The lowest BCUT2D eigenvalue weighted by Crippen LogP contribution is -2.31. The van der Waals surface area contributed by atoms with Gasteiger partial charge in [-0.3, -0.25) is 0 Å². The summed E-state index contributed by atoms with van der Waals surface area (Å²) >= 11 is 0. The topological polar surface area (TPSA) is 3.88 Å². The Bertz CT molecular complexity index is 840. The second-order valence-corrected chi connectivity index (χ2v) is 6.70.